The summed E-state index contributed by atoms with van der Waals surface area (Å²) in [5.41, 5.74) is 0. The lowest BCUT2D eigenvalue weighted by molar-refractivity contribution is -0.929. The highest BCUT2D eigenvalue weighted by Gasteiger charge is 2.25. The molecule has 0 unspecified atom stereocenters. The highest BCUT2D eigenvalue weighted by molar-refractivity contribution is 5.64. The molecule has 0 spiro atoms. The number of aliphatic carboxylic acids is 1. The van der Waals surface area contributed by atoms with Crippen LogP contribution >= 0.6 is 0 Å². The van der Waals surface area contributed by atoms with Crippen molar-refractivity contribution >= 4 is 5.97 Å². The summed E-state index contributed by atoms with van der Waals surface area (Å²) < 4.78 is 2.84. The zero-order chi connectivity index (χ0) is 40.9. The largest absolute Gasteiger partial charge is 1.00 e. The van der Waals surface area contributed by atoms with Gasteiger partial charge >= 0.3 is 0 Å². The summed E-state index contributed by atoms with van der Waals surface area (Å²) in [6, 6.07) is 0. The molecule has 0 atom stereocenters. The monoisotopic (exact) mass is 845 g/mol. The zero-order valence-corrected chi connectivity index (χ0v) is 41.2. The maximum Gasteiger partial charge on any atom is 0.0786 e. The van der Waals surface area contributed by atoms with Crippen LogP contribution in [0.2, 0.25) is 0 Å². The molecule has 0 heterocycles. The normalized spacial score (nSPS) is 11.5. The Bertz CT molecular complexity index is 632. The molecule has 55 heavy (non-hydrogen) atoms. The van der Waals surface area contributed by atoms with Crippen LogP contribution < -0.4 is 22.1 Å². The van der Waals surface area contributed by atoms with Gasteiger partial charge in [0.05, 0.1) is 52.4 Å². The van der Waals surface area contributed by atoms with Crippen LogP contribution in [0.25, 0.3) is 0 Å². The Kier molecular flexibility index (Phi) is 55.4. The second-order valence-electron chi connectivity index (χ2n) is 17.0. The highest BCUT2D eigenvalue weighted by atomic mass is 79.9. The van der Waals surface area contributed by atoms with E-state index in [4.69, 9.17) is 0 Å². The first kappa shape index (κ1) is 61.3. The molecule has 0 aromatic carbocycles. The van der Waals surface area contributed by atoms with Crippen molar-refractivity contribution < 1.29 is 35.8 Å². The van der Waals surface area contributed by atoms with Crippen molar-refractivity contribution in [1.29, 1.82) is 0 Å². The minimum atomic E-state index is -0.914. The molecule has 0 amide bonds. The second kappa shape index (κ2) is 49.8. The zero-order valence-electron chi connectivity index (χ0n) is 39.6. The van der Waals surface area contributed by atoms with Crippen molar-refractivity contribution in [2.45, 2.75) is 255 Å². The van der Waals surface area contributed by atoms with Crippen molar-refractivity contribution in [3.05, 3.63) is 12.2 Å². The molecular weight excluding hydrogens is 740 g/mol. The van der Waals surface area contributed by atoms with Gasteiger partial charge in [0.15, 0.2) is 0 Å². The van der Waals surface area contributed by atoms with Crippen LogP contribution in [0.4, 0.5) is 0 Å². The summed E-state index contributed by atoms with van der Waals surface area (Å²) in [6.07, 6.45) is 43.0. The van der Waals surface area contributed by atoms with Gasteiger partial charge in [-0.15, -0.1) is 0 Å². The van der Waals surface area contributed by atoms with E-state index in [0.717, 1.165) is 19.3 Å². The minimum Gasteiger partial charge on any atom is -1.00 e. The number of rotatable bonds is 39. The Morgan fingerprint density at radius 2 is 0.564 bits per heavy atom. The van der Waals surface area contributed by atoms with E-state index in [9.17, 15) is 9.90 Å². The van der Waals surface area contributed by atoms with Gasteiger partial charge in [0.2, 0.25) is 0 Å². The second-order valence-corrected chi connectivity index (χ2v) is 17.0. The summed E-state index contributed by atoms with van der Waals surface area (Å²) in [7, 11) is 0. The Morgan fingerprint density at radius 3 is 0.800 bits per heavy atom. The van der Waals surface area contributed by atoms with Crippen molar-refractivity contribution in [2.75, 3.05) is 52.4 Å². The quantitative estimate of drug-likeness (QED) is 0.0351. The molecule has 0 radical (unpaired) electrons. The SMILES string of the molecule is CCCCCCCC/C=C\CCCCCCCC(=O)[O-].CCCC[N+](CCCC)(CCCC)CCCC.CCCC[N+](CCCC)(CCCC)CCCC.[Br-]. The lowest BCUT2D eigenvalue weighted by Crippen LogP contribution is -3.00. The van der Waals surface area contributed by atoms with E-state index in [0.29, 0.717) is 0 Å². The van der Waals surface area contributed by atoms with Crippen molar-refractivity contribution in [3.8, 4) is 0 Å². The maximum atomic E-state index is 10.2. The Morgan fingerprint density at radius 1 is 0.345 bits per heavy atom. The molecule has 0 bridgehead atoms. The molecule has 0 aliphatic rings. The fourth-order valence-corrected chi connectivity index (χ4v) is 7.63. The van der Waals surface area contributed by atoms with E-state index in [2.05, 4.69) is 74.5 Å². The topological polar surface area (TPSA) is 40.1 Å². The third-order valence-electron chi connectivity index (χ3n) is 11.5. The molecule has 0 saturated heterocycles. The number of hydrogen-bond acceptors (Lipinski definition) is 2. The fourth-order valence-electron chi connectivity index (χ4n) is 7.63. The van der Waals surface area contributed by atoms with E-state index >= 15 is 0 Å². The number of allylic oxidation sites excluding steroid dienone is 2. The van der Waals surface area contributed by atoms with Gasteiger partial charge in [-0.1, -0.05) is 177 Å². The van der Waals surface area contributed by atoms with Crippen LogP contribution in [0, 0.1) is 0 Å². The van der Waals surface area contributed by atoms with E-state index < -0.39 is 5.97 Å². The van der Waals surface area contributed by atoms with Gasteiger partial charge in [0, 0.05) is 5.97 Å². The maximum absolute atomic E-state index is 10.2. The van der Waals surface area contributed by atoms with Crippen molar-refractivity contribution in [2.24, 2.45) is 0 Å². The van der Waals surface area contributed by atoms with Crippen LogP contribution in [-0.4, -0.2) is 67.3 Å². The summed E-state index contributed by atoms with van der Waals surface area (Å²) in [5, 5.41) is 10.2. The molecule has 0 N–H and O–H groups in total. The number of nitrogens with zero attached hydrogens (tertiary/aromatic N) is 2. The van der Waals surface area contributed by atoms with Crippen LogP contribution in [0.15, 0.2) is 12.2 Å². The van der Waals surface area contributed by atoms with Gasteiger partial charge in [0.1, 0.15) is 0 Å². The Balaban J connectivity index is -0.000000353. The van der Waals surface area contributed by atoms with Crippen LogP contribution in [-0.2, 0) is 4.79 Å². The molecule has 0 aliphatic carbocycles. The molecular formula is C50H105BrN2O2. The van der Waals surface area contributed by atoms with E-state index in [1.54, 1.807) is 0 Å². The molecule has 0 aromatic rings. The number of carboxylic acid groups (broad SMARTS) is 1. The average Bonchev–Trinajstić information content (AvgIpc) is 3.18. The molecule has 0 fully saturated rings. The lowest BCUT2D eigenvalue weighted by atomic mass is 10.1. The Labute approximate surface area is 359 Å². The summed E-state index contributed by atoms with van der Waals surface area (Å²) in [4.78, 5) is 10.2. The number of carboxylic acids is 1. The number of quaternary nitrogens is 2. The first-order valence-corrected chi connectivity index (χ1v) is 24.8. The predicted molar refractivity (Wildman–Crippen MR) is 243 cm³/mol. The van der Waals surface area contributed by atoms with Gasteiger partial charge in [0.25, 0.3) is 0 Å². The van der Waals surface area contributed by atoms with Gasteiger partial charge in [-0.3, -0.25) is 0 Å². The molecule has 0 rings (SSSR count). The first-order valence-electron chi connectivity index (χ1n) is 24.8. The van der Waals surface area contributed by atoms with Crippen molar-refractivity contribution in [1.82, 2.24) is 0 Å². The fraction of sp³-hybridized carbons (Fsp3) is 0.940. The molecule has 0 aromatic heterocycles. The van der Waals surface area contributed by atoms with Crippen LogP contribution in [0.1, 0.15) is 255 Å². The van der Waals surface area contributed by atoms with Gasteiger partial charge in [-0.2, -0.15) is 0 Å². The first-order chi connectivity index (χ1) is 26.3. The van der Waals surface area contributed by atoms with E-state index in [1.807, 2.05) is 0 Å². The van der Waals surface area contributed by atoms with Crippen LogP contribution in [0.5, 0.6) is 0 Å². The molecule has 0 aliphatic heterocycles. The number of carbonyl (C=O) groups is 1. The average molecular weight is 846 g/mol. The Hall–Kier alpha value is -0.390. The number of hydrogen-bond donors (Lipinski definition) is 0. The van der Waals surface area contributed by atoms with E-state index in [1.165, 1.54) is 228 Å². The summed E-state index contributed by atoms with van der Waals surface area (Å²) in [5.74, 6) is -0.914. The highest BCUT2D eigenvalue weighted by Crippen LogP contribution is 2.18. The van der Waals surface area contributed by atoms with Crippen LogP contribution in [0.3, 0.4) is 0 Å². The number of unbranched alkanes of at least 4 members (excludes halogenated alkanes) is 19. The smallest absolute Gasteiger partial charge is 0.0786 e. The molecule has 0 saturated carbocycles. The van der Waals surface area contributed by atoms with Gasteiger partial charge < -0.3 is 35.8 Å². The predicted octanol–water partition coefficient (Wildman–Crippen LogP) is 11.8. The summed E-state index contributed by atoms with van der Waals surface area (Å²) in [6.45, 7) is 32.3. The molecule has 5 heteroatoms. The van der Waals surface area contributed by atoms with Gasteiger partial charge in [-0.25, -0.2) is 0 Å². The minimum absolute atomic E-state index is 0. The third kappa shape index (κ3) is 44.6. The number of halogens is 1. The van der Waals surface area contributed by atoms with Crippen molar-refractivity contribution in [3.63, 3.8) is 0 Å². The van der Waals surface area contributed by atoms with Gasteiger partial charge in [-0.05, 0) is 89.9 Å². The van der Waals surface area contributed by atoms with E-state index in [-0.39, 0.29) is 23.4 Å². The number of carbonyl (C=O) groups excluding carboxylic acids is 1. The summed E-state index contributed by atoms with van der Waals surface area (Å²) >= 11 is 0. The lowest BCUT2D eigenvalue weighted by Gasteiger charge is -2.39. The standard InChI is InChI=1S/C18H34O2.2C16H36N.BrH/c1-2-3-4-5-6-7-8-9-10-11-12-13-14-15-16-17-18(19)20;2*1-5-9-13-17(14-10-6-2,15-11-7-3)16-12-8-4;/h9-10H,2-8,11-17H2,1H3,(H,19,20);2*5-16H2,1-4H3;1H/q;2*+1;/p-2/b10-9-;;;. The molecule has 334 valence electrons. The molecule has 4 nitrogen and oxygen atoms in total. The third-order valence-corrected chi connectivity index (χ3v) is 11.5.